The number of carbonyl (C=O) groups is 1. The summed E-state index contributed by atoms with van der Waals surface area (Å²) in [6.45, 7) is 2.23. The van der Waals surface area contributed by atoms with Crippen molar-refractivity contribution < 1.29 is 9.63 Å². The number of aromatic nitrogens is 1. The number of fused-ring (bicyclic) bond motifs is 1. The molecule has 2 aromatic rings. The molecule has 0 fully saturated rings. The third kappa shape index (κ3) is 2.12. The average Bonchev–Trinajstić information content (AvgIpc) is 2.64. The molecule has 0 saturated heterocycles. The van der Waals surface area contributed by atoms with E-state index in [9.17, 15) is 4.79 Å². The molecule has 2 rings (SSSR count). The Balaban J connectivity index is 2.28. The van der Waals surface area contributed by atoms with Crippen molar-refractivity contribution in [3.8, 4) is 0 Å². The number of hydrogen-bond acceptors (Lipinski definition) is 5. The van der Waals surface area contributed by atoms with Gasteiger partial charge in [-0.1, -0.05) is 11.3 Å². The van der Waals surface area contributed by atoms with E-state index in [0.717, 1.165) is 10.2 Å². The van der Waals surface area contributed by atoms with Crippen LogP contribution in [0.3, 0.4) is 0 Å². The summed E-state index contributed by atoms with van der Waals surface area (Å²) in [5.41, 5.74) is 9.25. The van der Waals surface area contributed by atoms with Crippen molar-refractivity contribution >= 4 is 32.6 Å². The lowest BCUT2D eigenvalue weighted by molar-refractivity contribution is 0.0364. The van der Waals surface area contributed by atoms with E-state index in [0.29, 0.717) is 17.3 Å². The minimum atomic E-state index is -0.268. The molecule has 5 nitrogen and oxygen atoms in total. The number of nitrogens with one attached hydrogen (secondary N) is 1. The van der Waals surface area contributed by atoms with Crippen LogP contribution < -0.4 is 11.2 Å². The van der Waals surface area contributed by atoms with E-state index in [1.807, 2.05) is 0 Å². The van der Waals surface area contributed by atoms with Crippen LogP contribution in [0.2, 0.25) is 0 Å². The Bertz CT molecular complexity index is 524. The van der Waals surface area contributed by atoms with Crippen molar-refractivity contribution in [2.24, 2.45) is 0 Å². The highest BCUT2D eigenvalue weighted by molar-refractivity contribution is 7.22. The molecule has 0 unspecified atom stereocenters. The van der Waals surface area contributed by atoms with Crippen molar-refractivity contribution in [2.75, 3.05) is 12.3 Å². The highest BCUT2D eigenvalue weighted by Crippen LogP contribution is 2.24. The molecule has 0 bridgehead atoms. The van der Waals surface area contributed by atoms with Crippen LogP contribution in [0.15, 0.2) is 18.2 Å². The van der Waals surface area contributed by atoms with Gasteiger partial charge >= 0.3 is 0 Å². The first-order valence-corrected chi connectivity index (χ1v) is 5.60. The van der Waals surface area contributed by atoms with E-state index in [-0.39, 0.29) is 5.91 Å². The van der Waals surface area contributed by atoms with Crippen LogP contribution in [-0.2, 0) is 4.84 Å². The van der Waals surface area contributed by atoms with Crippen LogP contribution in [0.25, 0.3) is 10.2 Å². The van der Waals surface area contributed by atoms with Gasteiger partial charge in [0.15, 0.2) is 5.13 Å². The molecule has 0 aliphatic heterocycles. The molecule has 1 aromatic heterocycles. The summed E-state index contributed by atoms with van der Waals surface area (Å²) in [6.07, 6.45) is 0. The predicted molar refractivity (Wildman–Crippen MR) is 63.1 cm³/mol. The van der Waals surface area contributed by atoms with E-state index >= 15 is 0 Å². The van der Waals surface area contributed by atoms with Gasteiger partial charge in [-0.15, -0.1) is 0 Å². The summed E-state index contributed by atoms with van der Waals surface area (Å²) < 4.78 is 0.890. The largest absolute Gasteiger partial charge is 0.375 e. The van der Waals surface area contributed by atoms with Crippen molar-refractivity contribution in [3.05, 3.63) is 23.8 Å². The van der Waals surface area contributed by atoms with Crippen LogP contribution in [0, 0.1) is 0 Å². The second kappa shape index (κ2) is 4.46. The number of anilines is 1. The number of benzene rings is 1. The number of thiazole rings is 1. The number of carbonyl (C=O) groups excluding carboxylic acids is 1. The molecule has 0 spiro atoms. The lowest BCUT2D eigenvalue weighted by atomic mass is 10.2. The minimum absolute atomic E-state index is 0.268. The SMILES string of the molecule is CCONC(=O)c1ccc2nc(N)sc2c1. The number of hydroxylamine groups is 1. The normalized spacial score (nSPS) is 10.6. The van der Waals surface area contributed by atoms with Gasteiger partial charge in [0.05, 0.1) is 16.8 Å². The monoisotopic (exact) mass is 237 g/mol. The lowest BCUT2D eigenvalue weighted by Gasteiger charge is -2.02. The molecular weight excluding hydrogens is 226 g/mol. The smallest absolute Gasteiger partial charge is 0.274 e. The van der Waals surface area contributed by atoms with Gasteiger partial charge in [0.2, 0.25) is 0 Å². The quantitative estimate of drug-likeness (QED) is 0.794. The Morgan fingerprint density at radius 2 is 2.44 bits per heavy atom. The molecule has 0 radical (unpaired) electrons. The Labute approximate surface area is 96.2 Å². The maximum absolute atomic E-state index is 11.6. The Kier molecular flexibility index (Phi) is 3.02. The predicted octanol–water partition coefficient (Wildman–Crippen LogP) is 1.56. The van der Waals surface area contributed by atoms with Gasteiger partial charge in [0.25, 0.3) is 5.91 Å². The molecule has 84 valence electrons. The van der Waals surface area contributed by atoms with Crippen LogP contribution in [0.1, 0.15) is 17.3 Å². The zero-order valence-corrected chi connectivity index (χ0v) is 9.50. The van der Waals surface area contributed by atoms with Crippen LogP contribution in [0.4, 0.5) is 5.13 Å². The molecule has 0 aliphatic carbocycles. The first-order chi connectivity index (χ1) is 7.70. The summed E-state index contributed by atoms with van der Waals surface area (Å²) in [4.78, 5) is 20.5. The summed E-state index contributed by atoms with van der Waals surface area (Å²) >= 11 is 1.35. The second-order valence-corrected chi connectivity index (χ2v) is 4.16. The molecule has 0 atom stereocenters. The van der Waals surface area contributed by atoms with E-state index in [2.05, 4.69) is 10.5 Å². The van der Waals surface area contributed by atoms with Crippen LogP contribution >= 0.6 is 11.3 Å². The third-order valence-electron chi connectivity index (χ3n) is 1.98. The molecule has 3 N–H and O–H groups in total. The van der Waals surface area contributed by atoms with Crippen molar-refractivity contribution in [1.29, 1.82) is 0 Å². The van der Waals surface area contributed by atoms with Crippen molar-refractivity contribution in [2.45, 2.75) is 6.92 Å². The number of nitrogens with two attached hydrogens (primary N) is 1. The van der Waals surface area contributed by atoms with E-state index in [1.54, 1.807) is 25.1 Å². The fourth-order valence-electron chi connectivity index (χ4n) is 1.28. The second-order valence-electron chi connectivity index (χ2n) is 3.10. The van der Waals surface area contributed by atoms with Crippen LogP contribution in [0.5, 0.6) is 0 Å². The standard InChI is InChI=1S/C10H11N3O2S/c1-2-15-13-9(14)6-3-4-7-8(5-6)16-10(11)12-7/h3-5H,2H2,1H3,(H2,11,12)(H,13,14). The van der Waals surface area contributed by atoms with Gasteiger partial charge in [-0.25, -0.2) is 10.5 Å². The maximum Gasteiger partial charge on any atom is 0.274 e. The van der Waals surface area contributed by atoms with Gasteiger partial charge in [-0.3, -0.25) is 9.63 Å². The number of nitrogens with zero attached hydrogens (tertiary/aromatic N) is 1. The zero-order valence-electron chi connectivity index (χ0n) is 8.69. The van der Waals surface area contributed by atoms with Crippen molar-refractivity contribution in [3.63, 3.8) is 0 Å². The number of nitrogen functional groups attached to an aromatic ring is 1. The molecule has 1 aromatic carbocycles. The molecule has 6 heteroatoms. The topological polar surface area (TPSA) is 77.2 Å². The first kappa shape index (κ1) is 10.8. The number of rotatable bonds is 3. The summed E-state index contributed by atoms with van der Waals surface area (Å²) in [5.74, 6) is -0.268. The Hall–Kier alpha value is -1.66. The van der Waals surface area contributed by atoms with Gasteiger partial charge in [-0.2, -0.15) is 0 Å². The number of amides is 1. The van der Waals surface area contributed by atoms with Gasteiger partial charge in [0, 0.05) is 5.56 Å². The third-order valence-corrected chi connectivity index (χ3v) is 2.82. The van der Waals surface area contributed by atoms with E-state index < -0.39 is 0 Å². The van der Waals surface area contributed by atoms with Gasteiger partial charge in [-0.05, 0) is 25.1 Å². The molecule has 1 heterocycles. The fourth-order valence-corrected chi connectivity index (χ4v) is 2.05. The maximum atomic E-state index is 11.6. The lowest BCUT2D eigenvalue weighted by Crippen LogP contribution is -2.23. The fraction of sp³-hybridized carbons (Fsp3) is 0.200. The molecule has 0 saturated carbocycles. The number of hydrogen-bond donors (Lipinski definition) is 2. The van der Waals surface area contributed by atoms with Gasteiger partial charge < -0.3 is 5.73 Å². The van der Waals surface area contributed by atoms with Gasteiger partial charge in [0.1, 0.15) is 0 Å². The Morgan fingerprint density at radius 3 is 3.19 bits per heavy atom. The molecule has 0 aliphatic rings. The highest BCUT2D eigenvalue weighted by atomic mass is 32.1. The molecule has 16 heavy (non-hydrogen) atoms. The van der Waals surface area contributed by atoms with Crippen molar-refractivity contribution in [1.82, 2.24) is 10.5 Å². The van der Waals surface area contributed by atoms with E-state index in [4.69, 9.17) is 10.6 Å². The summed E-state index contributed by atoms with van der Waals surface area (Å²) in [6, 6.07) is 5.20. The van der Waals surface area contributed by atoms with Crippen LogP contribution in [-0.4, -0.2) is 17.5 Å². The zero-order chi connectivity index (χ0) is 11.5. The first-order valence-electron chi connectivity index (χ1n) is 4.79. The highest BCUT2D eigenvalue weighted by Gasteiger charge is 2.08. The average molecular weight is 237 g/mol. The Morgan fingerprint density at radius 1 is 1.62 bits per heavy atom. The minimum Gasteiger partial charge on any atom is -0.375 e. The molecule has 1 amide bonds. The summed E-state index contributed by atoms with van der Waals surface area (Å²) in [7, 11) is 0. The van der Waals surface area contributed by atoms with E-state index in [1.165, 1.54) is 11.3 Å². The summed E-state index contributed by atoms with van der Waals surface area (Å²) in [5, 5.41) is 0.498. The molecular formula is C10H11N3O2S.